The van der Waals surface area contributed by atoms with Crippen LogP contribution in [0.15, 0.2) is 24.3 Å². The highest BCUT2D eigenvalue weighted by molar-refractivity contribution is 6.17. The summed E-state index contributed by atoms with van der Waals surface area (Å²) >= 11 is 5.46. The molecule has 0 bridgehead atoms. The number of carbonyl (C=O) groups excluding carboxylic acids is 1. The van der Waals surface area contributed by atoms with E-state index in [9.17, 15) is 4.79 Å². The van der Waals surface area contributed by atoms with Gasteiger partial charge >= 0.3 is 0 Å². The van der Waals surface area contributed by atoms with Gasteiger partial charge in [0.1, 0.15) is 5.75 Å². The van der Waals surface area contributed by atoms with E-state index >= 15 is 0 Å². The van der Waals surface area contributed by atoms with Crippen molar-refractivity contribution < 1.29 is 14.3 Å². The van der Waals surface area contributed by atoms with Crippen LogP contribution in [0.1, 0.15) is 17.3 Å². The molecular formula is C13H18ClNO3. The summed E-state index contributed by atoms with van der Waals surface area (Å²) in [6.07, 6.45) is 0. The van der Waals surface area contributed by atoms with Crippen molar-refractivity contribution >= 4 is 17.5 Å². The maximum atomic E-state index is 11.7. The number of alkyl halides is 1. The number of amides is 1. The standard InChI is InChI=1S/C13H18ClNO3/c1-2-18-12-5-3-11(4-6-12)13(16)15-8-10-17-9-7-14/h3-6H,2,7-10H2,1H3,(H,15,16). The minimum absolute atomic E-state index is 0.118. The third kappa shape index (κ3) is 5.38. The summed E-state index contributed by atoms with van der Waals surface area (Å²) < 4.78 is 10.5. The van der Waals surface area contributed by atoms with E-state index in [0.29, 0.717) is 37.8 Å². The average molecular weight is 272 g/mol. The SMILES string of the molecule is CCOc1ccc(C(=O)NCCOCCCl)cc1. The minimum Gasteiger partial charge on any atom is -0.494 e. The molecule has 0 fully saturated rings. The molecule has 0 aliphatic heterocycles. The number of nitrogens with one attached hydrogen (secondary N) is 1. The van der Waals surface area contributed by atoms with Crippen LogP contribution in [0.4, 0.5) is 0 Å². The second-order valence-electron chi connectivity index (χ2n) is 3.51. The average Bonchev–Trinajstić information content (AvgIpc) is 2.39. The van der Waals surface area contributed by atoms with Gasteiger partial charge in [-0.15, -0.1) is 11.6 Å². The highest BCUT2D eigenvalue weighted by atomic mass is 35.5. The van der Waals surface area contributed by atoms with E-state index < -0.39 is 0 Å². The van der Waals surface area contributed by atoms with Crippen molar-refractivity contribution in [2.75, 3.05) is 32.2 Å². The van der Waals surface area contributed by atoms with Crippen molar-refractivity contribution in [2.24, 2.45) is 0 Å². The molecule has 0 unspecified atom stereocenters. The Morgan fingerprint density at radius 2 is 2.00 bits per heavy atom. The molecule has 0 heterocycles. The van der Waals surface area contributed by atoms with Crippen molar-refractivity contribution in [2.45, 2.75) is 6.92 Å². The molecule has 0 aliphatic carbocycles. The lowest BCUT2D eigenvalue weighted by Gasteiger charge is -2.07. The second kappa shape index (κ2) is 8.78. The molecule has 0 aliphatic rings. The third-order valence-corrected chi connectivity index (χ3v) is 2.34. The molecule has 1 amide bonds. The van der Waals surface area contributed by atoms with Crippen LogP contribution >= 0.6 is 11.6 Å². The molecule has 0 spiro atoms. The number of rotatable bonds is 8. The lowest BCUT2D eigenvalue weighted by atomic mass is 10.2. The van der Waals surface area contributed by atoms with Gasteiger partial charge < -0.3 is 14.8 Å². The van der Waals surface area contributed by atoms with Gasteiger partial charge in [0.25, 0.3) is 5.91 Å². The van der Waals surface area contributed by atoms with Gasteiger partial charge in [-0.05, 0) is 31.2 Å². The van der Waals surface area contributed by atoms with E-state index in [1.165, 1.54) is 0 Å². The first-order valence-electron chi connectivity index (χ1n) is 5.92. The Kier molecular flexibility index (Phi) is 7.22. The third-order valence-electron chi connectivity index (χ3n) is 2.18. The van der Waals surface area contributed by atoms with Crippen LogP contribution in [-0.4, -0.2) is 38.2 Å². The first-order chi connectivity index (χ1) is 8.77. The van der Waals surface area contributed by atoms with E-state index in [0.717, 1.165) is 5.75 Å². The lowest BCUT2D eigenvalue weighted by molar-refractivity contribution is 0.0923. The number of halogens is 1. The summed E-state index contributed by atoms with van der Waals surface area (Å²) in [4.78, 5) is 11.7. The van der Waals surface area contributed by atoms with E-state index in [2.05, 4.69) is 5.32 Å². The molecule has 100 valence electrons. The smallest absolute Gasteiger partial charge is 0.251 e. The molecule has 0 saturated carbocycles. The van der Waals surface area contributed by atoms with Crippen LogP contribution in [0.3, 0.4) is 0 Å². The zero-order chi connectivity index (χ0) is 13.2. The summed E-state index contributed by atoms with van der Waals surface area (Å²) in [5, 5.41) is 2.76. The van der Waals surface area contributed by atoms with Gasteiger partial charge in [0, 0.05) is 18.0 Å². The number of hydrogen-bond donors (Lipinski definition) is 1. The molecule has 1 aromatic rings. The fraction of sp³-hybridized carbons (Fsp3) is 0.462. The second-order valence-corrected chi connectivity index (χ2v) is 3.89. The number of ether oxygens (including phenoxy) is 2. The predicted octanol–water partition coefficient (Wildman–Crippen LogP) is 2.07. The molecule has 0 atom stereocenters. The topological polar surface area (TPSA) is 47.6 Å². The van der Waals surface area contributed by atoms with E-state index in [1.54, 1.807) is 24.3 Å². The maximum Gasteiger partial charge on any atom is 0.251 e. The summed E-state index contributed by atoms with van der Waals surface area (Å²) in [5.41, 5.74) is 0.607. The lowest BCUT2D eigenvalue weighted by Crippen LogP contribution is -2.27. The molecule has 1 rings (SSSR count). The van der Waals surface area contributed by atoms with Gasteiger partial charge in [-0.3, -0.25) is 4.79 Å². The molecule has 18 heavy (non-hydrogen) atoms. The van der Waals surface area contributed by atoms with Crippen LogP contribution in [0.25, 0.3) is 0 Å². The molecule has 0 aromatic heterocycles. The molecular weight excluding hydrogens is 254 g/mol. The monoisotopic (exact) mass is 271 g/mol. The quantitative estimate of drug-likeness (QED) is 0.582. The minimum atomic E-state index is -0.118. The summed E-state index contributed by atoms with van der Waals surface area (Å²) in [5.74, 6) is 1.11. The van der Waals surface area contributed by atoms with Gasteiger partial charge in [0.2, 0.25) is 0 Å². The number of carbonyl (C=O) groups is 1. The fourth-order valence-electron chi connectivity index (χ4n) is 1.36. The van der Waals surface area contributed by atoms with Crippen molar-refractivity contribution in [3.05, 3.63) is 29.8 Å². The Bertz CT molecular complexity index is 354. The first-order valence-corrected chi connectivity index (χ1v) is 6.46. The van der Waals surface area contributed by atoms with Crippen molar-refractivity contribution in [3.63, 3.8) is 0 Å². The summed E-state index contributed by atoms with van der Waals surface area (Å²) in [6, 6.07) is 7.03. The van der Waals surface area contributed by atoms with Crippen LogP contribution in [0, 0.1) is 0 Å². The van der Waals surface area contributed by atoms with Crippen molar-refractivity contribution in [1.82, 2.24) is 5.32 Å². The Morgan fingerprint density at radius 3 is 2.61 bits per heavy atom. The van der Waals surface area contributed by atoms with Crippen molar-refractivity contribution in [1.29, 1.82) is 0 Å². The van der Waals surface area contributed by atoms with Gasteiger partial charge in [0.05, 0.1) is 19.8 Å². The number of benzene rings is 1. The van der Waals surface area contributed by atoms with Crippen LogP contribution in [-0.2, 0) is 4.74 Å². The van der Waals surface area contributed by atoms with E-state index in [-0.39, 0.29) is 5.91 Å². The zero-order valence-corrected chi connectivity index (χ0v) is 11.2. The van der Waals surface area contributed by atoms with Crippen molar-refractivity contribution in [3.8, 4) is 5.75 Å². The zero-order valence-electron chi connectivity index (χ0n) is 10.4. The molecule has 1 aromatic carbocycles. The maximum absolute atomic E-state index is 11.7. The first kappa shape index (κ1) is 14.8. The Morgan fingerprint density at radius 1 is 1.28 bits per heavy atom. The van der Waals surface area contributed by atoms with Crippen LogP contribution in [0.2, 0.25) is 0 Å². The normalized spacial score (nSPS) is 10.1. The number of hydrogen-bond acceptors (Lipinski definition) is 3. The summed E-state index contributed by atoms with van der Waals surface area (Å²) in [7, 11) is 0. The predicted molar refractivity (Wildman–Crippen MR) is 71.5 cm³/mol. The highest BCUT2D eigenvalue weighted by Crippen LogP contribution is 2.11. The fourth-order valence-corrected chi connectivity index (χ4v) is 1.47. The van der Waals surface area contributed by atoms with Gasteiger partial charge in [-0.1, -0.05) is 0 Å². The molecule has 5 heteroatoms. The molecule has 4 nitrogen and oxygen atoms in total. The van der Waals surface area contributed by atoms with Gasteiger partial charge in [-0.2, -0.15) is 0 Å². The van der Waals surface area contributed by atoms with Crippen LogP contribution in [0.5, 0.6) is 5.75 Å². The van der Waals surface area contributed by atoms with E-state index in [4.69, 9.17) is 21.1 Å². The van der Waals surface area contributed by atoms with Gasteiger partial charge in [0.15, 0.2) is 0 Å². The Hall–Kier alpha value is -1.26. The Balaban J connectivity index is 2.32. The highest BCUT2D eigenvalue weighted by Gasteiger charge is 2.04. The summed E-state index contributed by atoms with van der Waals surface area (Å²) in [6.45, 7) is 3.98. The largest absolute Gasteiger partial charge is 0.494 e. The molecule has 0 saturated heterocycles. The van der Waals surface area contributed by atoms with Crippen LogP contribution < -0.4 is 10.1 Å². The van der Waals surface area contributed by atoms with Gasteiger partial charge in [-0.25, -0.2) is 0 Å². The Labute approximate surface area is 112 Å². The molecule has 0 radical (unpaired) electrons. The molecule has 1 N–H and O–H groups in total. The van der Waals surface area contributed by atoms with E-state index in [1.807, 2.05) is 6.92 Å².